The smallest absolute Gasteiger partial charge is 0.161 e. The Bertz CT molecular complexity index is 171. The Morgan fingerprint density at radius 3 is 2.13 bits per heavy atom. The van der Waals surface area contributed by atoms with Gasteiger partial charge in [-0.05, 0) is 18.3 Å². The van der Waals surface area contributed by atoms with Crippen LogP contribution in [-0.4, -0.2) is 17.0 Å². The van der Waals surface area contributed by atoms with Gasteiger partial charge >= 0.3 is 0 Å². The maximum Gasteiger partial charge on any atom is 0.161 e. The minimum Gasteiger partial charge on any atom is -0.385 e. The second-order valence-corrected chi connectivity index (χ2v) is 4.77. The molecule has 0 aliphatic heterocycles. The fraction of sp³-hybridized carbons (Fsp3) is 0.923. The van der Waals surface area contributed by atoms with E-state index in [9.17, 15) is 9.90 Å². The summed E-state index contributed by atoms with van der Waals surface area (Å²) in [7, 11) is 0. The molecular formula is C13H26O2. The van der Waals surface area contributed by atoms with Crippen LogP contribution in [0.15, 0.2) is 0 Å². The summed E-state index contributed by atoms with van der Waals surface area (Å²) in [5, 5.41) is 9.79. The van der Waals surface area contributed by atoms with Crippen molar-refractivity contribution >= 4 is 5.78 Å². The van der Waals surface area contributed by atoms with Gasteiger partial charge in [-0.3, -0.25) is 4.79 Å². The van der Waals surface area contributed by atoms with Gasteiger partial charge in [-0.15, -0.1) is 0 Å². The monoisotopic (exact) mass is 214 g/mol. The first-order chi connectivity index (χ1) is 7.02. The second kappa shape index (κ2) is 7.86. The molecule has 0 rings (SSSR count). The maximum absolute atomic E-state index is 11.6. The summed E-state index contributed by atoms with van der Waals surface area (Å²) in [6.45, 7) is 8.36. The third-order valence-corrected chi connectivity index (χ3v) is 3.03. The largest absolute Gasteiger partial charge is 0.385 e. The molecule has 2 nitrogen and oxygen atoms in total. The van der Waals surface area contributed by atoms with E-state index in [0.29, 0.717) is 12.3 Å². The molecule has 0 radical (unpaired) electrons. The van der Waals surface area contributed by atoms with Crippen molar-refractivity contribution in [2.24, 2.45) is 11.8 Å². The molecule has 0 heterocycles. The first-order valence-corrected chi connectivity index (χ1v) is 6.23. The second-order valence-electron chi connectivity index (χ2n) is 4.77. The van der Waals surface area contributed by atoms with E-state index in [1.54, 1.807) is 0 Å². The number of hydrogen-bond acceptors (Lipinski definition) is 2. The molecule has 0 aromatic heterocycles. The topological polar surface area (TPSA) is 37.3 Å². The van der Waals surface area contributed by atoms with Crippen LogP contribution in [0.25, 0.3) is 0 Å². The molecule has 0 spiro atoms. The number of carbonyl (C=O) groups excluding carboxylic acids is 1. The Kier molecular flexibility index (Phi) is 7.67. The van der Waals surface area contributed by atoms with Crippen molar-refractivity contribution in [2.45, 2.75) is 65.9 Å². The van der Waals surface area contributed by atoms with E-state index in [2.05, 4.69) is 13.8 Å². The van der Waals surface area contributed by atoms with Crippen LogP contribution in [0, 0.1) is 11.8 Å². The average Bonchev–Trinajstić information content (AvgIpc) is 2.18. The zero-order chi connectivity index (χ0) is 11.8. The third-order valence-electron chi connectivity index (χ3n) is 3.03. The maximum atomic E-state index is 11.6. The van der Waals surface area contributed by atoms with Crippen molar-refractivity contribution in [1.82, 2.24) is 0 Å². The summed E-state index contributed by atoms with van der Waals surface area (Å²) < 4.78 is 0. The van der Waals surface area contributed by atoms with Gasteiger partial charge in [0.15, 0.2) is 5.78 Å². The zero-order valence-corrected chi connectivity index (χ0v) is 10.6. The van der Waals surface area contributed by atoms with Crippen LogP contribution < -0.4 is 0 Å². The molecule has 0 bridgehead atoms. The predicted molar refractivity (Wildman–Crippen MR) is 63.8 cm³/mol. The van der Waals surface area contributed by atoms with Gasteiger partial charge in [0.05, 0.1) is 0 Å². The SMILES string of the molecule is CCC(CC)C(O)C(=O)CCCC(C)C. The van der Waals surface area contributed by atoms with Crippen LogP contribution in [0.1, 0.15) is 59.8 Å². The summed E-state index contributed by atoms with van der Waals surface area (Å²) in [4.78, 5) is 11.6. The van der Waals surface area contributed by atoms with Gasteiger partial charge < -0.3 is 5.11 Å². The van der Waals surface area contributed by atoms with Crippen molar-refractivity contribution in [2.75, 3.05) is 0 Å². The lowest BCUT2D eigenvalue weighted by Crippen LogP contribution is -2.28. The summed E-state index contributed by atoms with van der Waals surface area (Å²) in [5.41, 5.74) is 0. The van der Waals surface area contributed by atoms with Crippen LogP contribution in [-0.2, 0) is 4.79 Å². The molecule has 0 saturated carbocycles. The van der Waals surface area contributed by atoms with E-state index in [0.717, 1.165) is 25.7 Å². The lowest BCUT2D eigenvalue weighted by atomic mass is 9.91. The number of aliphatic hydroxyl groups excluding tert-OH is 1. The lowest BCUT2D eigenvalue weighted by molar-refractivity contribution is -0.130. The zero-order valence-electron chi connectivity index (χ0n) is 10.6. The van der Waals surface area contributed by atoms with Crippen LogP contribution in [0.4, 0.5) is 0 Å². The fourth-order valence-electron chi connectivity index (χ4n) is 1.83. The van der Waals surface area contributed by atoms with Crippen molar-refractivity contribution in [3.8, 4) is 0 Å². The normalized spacial score (nSPS) is 13.5. The standard InChI is InChI=1S/C13H26O2/c1-5-11(6-2)13(15)12(14)9-7-8-10(3)4/h10-11,13,15H,5-9H2,1-4H3. The molecule has 1 unspecified atom stereocenters. The lowest BCUT2D eigenvalue weighted by Gasteiger charge is -2.18. The molecule has 0 aliphatic carbocycles. The van der Waals surface area contributed by atoms with E-state index >= 15 is 0 Å². The van der Waals surface area contributed by atoms with Gasteiger partial charge in [0.2, 0.25) is 0 Å². The number of aliphatic hydroxyl groups is 1. The van der Waals surface area contributed by atoms with E-state index in [-0.39, 0.29) is 11.7 Å². The molecule has 1 N–H and O–H groups in total. The van der Waals surface area contributed by atoms with Gasteiger partial charge in [-0.25, -0.2) is 0 Å². The Balaban J connectivity index is 3.87. The average molecular weight is 214 g/mol. The number of ketones is 1. The van der Waals surface area contributed by atoms with Gasteiger partial charge in [0.25, 0.3) is 0 Å². The minimum atomic E-state index is -0.729. The van der Waals surface area contributed by atoms with Gasteiger partial charge in [0, 0.05) is 6.42 Å². The van der Waals surface area contributed by atoms with E-state index < -0.39 is 6.10 Å². The highest BCUT2D eigenvalue weighted by Crippen LogP contribution is 2.16. The highest BCUT2D eigenvalue weighted by atomic mass is 16.3. The van der Waals surface area contributed by atoms with Crippen molar-refractivity contribution in [3.05, 3.63) is 0 Å². The Hall–Kier alpha value is -0.370. The van der Waals surface area contributed by atoms with E-state index in [1.165, 1.54) is 0 Å². The van der Waals surface area contributed by atoms with Crippen LogP contribution >= 0.6 is 0 Å². The third kappa shape index (κ3) is 5.93. The molecule has 0 fully saturated rings. The quantitative estimate of drug-likeness (QED) is 0.674. The molecule has 1 atom stereocenters. The van der Waals surface area contributed by atoms with Crippen LogP contribution in [0.3, 0.4) is 0 Å². The van der Waals surface area contributed by atoms with Crippen LogP contribution in [0.5, 0.6) is 0 Å². The van der Waals surface area contributed by atoms with Gasteiger partial charge in [0.1, 0.15) is 6.10 Å². The molecule has 15 heavy (non-hydrogen) atoms. The number of carbonyl (C=O) groups is 1. The fourth-order valence-corrected chi connectivity index (χ4v) is 1.83. The van der Waals surface area contributed by atoms with Crippen molar-refractivity contribution in [3.63, 3.8) is 0 Å². The van der Waals surface area contributed by atoms with Crippen LogP contribution in [0.2, 0.25) is 0 Å². The first-order valence-electron chi connectivity index (χ1n) is 6.23. The number of Topliss-reactive ketones (excluding diaryl/α,β-unsaturated/α-hetero) is 1. The molecule has 0 aliphatic rings. The highest BCUT2D eigenvalue weighted by molar-refractivity contribution is 5.83. The van der Waals surface area contributed by atoms with E-state index in [1.807, 2.05) is 13.8 Å². The number of hydrogen-bond donors (Lipinski definition) is 1. The van der Waals surface area contributed by atoms with E-state index in [4.69, 9.17) is 0 Å². The number of rotatable bonds is 8. The van der Waals surface area contributed by atoms with Gasteiger partial charge in [-0.2, -0.15) is 0 Å². The van der Waals surface area contributed by atoms with Gasteiger partial charge in [-0.1, -0.05) is 47.0 Å². The molecule has 0 saturated heterocycles. The highest BCUT2D eigenvalue weighted by Gasteiger charge is 2.22. The van der Waals surface area contributed by atoms with Crippen molar-refractivity contribution in [1.29, 1.82) is 0 Å². The Morgan fingerprint density at radius 2 is 1.73 bits per heavy atom. The first kappa shape index (κ1) is 14.6. The summed E-state index contributed by atoms with van der Waals surface area (Å²) in [6.07, 6.45) is 3.55. The molecule has 2 heteroatoms. The molecule has 90 valence electrons. The molecule has 0 aromatic rings. The molecule has 0 aromatic carbocycles. The predicted octanol–water partition coefficient (Wildman–Crippen LogP) is 3.18. The summed E-state index contributed by atoms with van der Waals surface area (Å²) in [5.74, 6) is 0.823. The molecule has 0 amide bonds. The minimum absolute atomic E-state index is 0.0318. The summed E-state index contributed by atoms with van der Waals surface area (Å²) >= 11 is 0. The Labute approximate surface area is 94.1 Å². The Morgan fingerprint density at radius 1 is 1.20 bits per heavy atom. The van der Waals surface area contributed by atoms with Crippen molar-refractivity contribution < 1.29 is 9.90 Å². The summed E-state index contributed by atoms with van der Waals surface area (Å²) in [6, 6.07) is 0. The molecular weight excluding hydrogens is 188 g/mol.